The molecule has 0 radical (unpaired) electrons. The number of pyridine rings is 1. The third kappa shape index (κ3) is 3.74. The van der Waals surface area contributed by atoms with Crippen molar-refractivity contribution in [3.63, 3.8) is 0 Å². The largest absolute Gasteiger partial charge is 0.422 e. The fraction of sp³-hybridized carbons (Fsp3) is 0.300. The third-order valence-electron chi connectivity index (χ3n) is 4.96. The van der Waals surface area contributed by atoms with Crippen LogP contribution in [0.1, 0.15) is 0 Å². The molecule has 1 aromatic carbocycles. The second kappa shape index (κ2) is 7.90. The lowest BCUT2D eigenvalue weighted by Gasteiger charge is -2.40. The van der Waals surface area contributed by atoms with Gasteiger partial charge in [-0.2, -0.15) is 0 Å². The average molecular weight is 400 g/mol. The van der Waals surface area contributed by atoms with Crippen molar-refractivity contribution in [1.29, 1.82) is 0 Å². The van der Waals surface area contributed by atoms with Crippen molar-refractivity contribution in [3.8, 4) is 11.1 Å². The predicted molar refractivity (Wildman–Crippen MR) is 103 cm³/mol. The number of hydrogen-bond acceptors (Lipinski definition) is 9. The highest BCUT2D eigenvalue weighted by Gasteiger charge is 2.43. The normalized spacial score (nSPS) is 27.1. The predicted octanol–water partition coefficient (Wildman–Crippen LogP) is 0.0668. The Bertz CT molecular complexity index is 1060. The minimum Gasteiger partial charge on any atom is -0.422 e. The lowest BCUT2D eigenvalue weighted by Crippen LogP contribution is -2.61. The molecule has 1 aliphatic rings. The summed E-state index contributed by atoms with van der Waals surface area (Å²) in [7, 11) is 0. The lowest BCUT2D eigenvalue weighted by atomic mass is 9.97. The van der Waals surface area contributed by atoms with Crippen molar-refractivity contribution in [2.24, 2.45) is 0 Å². The summed E-state index contributed by atoms with van der Waals surface area (Å²) in [5.41, 5.74) is 1.34. The quantitative estimate of drug-likeness (QED) is 0.384. The Morgan fingerprint density at radius 2 is 1.79 bits per heavy atom. The van der Waals surface area contributed by atoms with Gasteiger partial charge in [-0.15, -0.1) is 0 Å². The van der Waals surface area contributed by atoms with E-state index in [9.17, 15) is 20.1 Å². The second-order valence-electron chi connectivity index (χ2n) is 6.84. The van der Waals surface area contributed by atoms with E-state index in [1.165, 1.54) is 0 Å². The summed E-state index contributed by atoms with van der Waals surface area (Å²) >= 11 is 0. The van der Waals surface area contributed by atoms with E-state index in [1.807, 2.05) is 0 Å². The zero-order chi connectivity index (χ0) is 20.5. The topological polar surface area (TPSA) is 145 Å². The van der Waals surface area contributed by atoms with Crippen LogP contribution in [0.2, 0.25) is 0 Å². The van der Waals surface area contributed by atoms with Crippen LogP contribution < -0.4 is 10.9 Å². The maximum absolute atomic E-state index is 12.4. The van der Waals surface area contributed by atoms with E-state index >= 15 is 0 Å². The van der Waals surface area contributed by atoms with Gasteiger partial charge in [-0.05, 0) is 35.9 Å². The Morgan fingerprint density at radius 1 is 1.03 bits per heavy atom. The van der Waals surface area contributed by atoms with Gasteiger partial charge in [0.15, 0.2) is 6.29 Å². The van der Waals surface area contributed by atoms with Crippen molar-refractivity contribution >= 4 is 16.7 Å². The van der Waals surface area contributed by atoms with E-state index in [0.29, 0.717) is 27.8 Å². The number of ether oxygens (including phenoxy) is 1. The molecule has 3 aromatic rings. The molecule has 2 aromatic heterocycles. The van der Waals surface area contributed by atoms with Crippen LogP contribution in [0.15, 0.2) is 58.0 Å². The summed E-state index contributed by atoms with van der Waals surface area (Å²) in [5, 5.41) is 43.1. The molecule has 9 nitrogen and oxygen atoms in total. The average Bonchev–Trinajstić information content (AvgIpc) is 2.73. The fourth-order valence-electron chi connectivity index (χ4n) is 3.38. The number of hydrogen-bond donors (Lipinski definition) is 5. The molecule has 5 N–H and O–H groups in total. The van der Waals surface area contributed by atoms with Gasteiger partial charge in [0.05, 0.1) is 12.2 Å². The Kier molecular flexibility index (Phi) is 5.31. The highest BCUT2D eigenvalue weighted by Crippen LogP contribution is 2.26. The molecule has 3 heterocycles. The van der Waals surface area contributed by atoms with E-state index in [0.717, 1.165) is 0 Å². The van der Waals surface area contributed by atoms with Gasteiger partial charge in [0.1, 0.15) is 29.9 Å². The molecular weight excluding hydrogens is 380 g/mol. The molecule has 152 valence electrons. The molecule has 9 heteroatoms. The molecule has 29 heavy (non-hydrogen) atoms. The van der Waals surface area contributed by atoms with E-state index in [-0.39, 0.29) is 0 Å². The van der Waals surface area contributed by atoms with Gasteiger partial charge in [-0.3, -0.25) is 4.98 Å². The Labute approximate surface area is 164 Å². The van der Waals surface area contributed by atoms with E-state index in [2.05, 4.69) is 10.3 Å². The first-order chi connectivity index (χ1) is 14.0. The number of aromatic nitrogens is 1. The SMILES string of the molecule is O=c1oc2cc(NC3C(O)OC(CO)[C@@H](O)[C@@H]3O)ccc2cc1-c1ccncc1. The summed E-state index contributed by atoms with van der Waals surface area (Å²) in [5.74, 6) is 0. The highest BCUT2D eigenvalue weighted by molar-refractivity contribution is 5.84. The number of fused-ring (bicyclic) bond motifs is 1. The van der Waals surface area contributed by atoms with Crippen LogP contribution >= 0.6 is 0 Å². The van der Waals surface area contributed by atoms with Gasteiger partial charge in [0.25, 0.3) is 0 Å². The van der Waals surface area contributed by atoms with Crippen LogP contribution in [0, 0.1) is 0 Å². The number of nitrogens with zero attached hydrogens (tertiary/aromatic N) is 1. The second-order valence-corrected chi connectivity index (χ2v) is 6.84. The molecule has 3 unspecified atom stereocenters. The van der Waals surface area contributed by atoms with Gasteiger partial charge < -0.3 is 34.9 Å². The smallest absolute Gasteiger partial charge is 0.344 e. The standard InChI is InChI=1S/C20H20N2O7/c23-9-15-17(24)18(25)16(20(27)29-15)22-12-2-1-11-7-13(10-3-5-21-6-4-10)19(26)28-14(11)8-12/h1-8,15-18,20,22-25,27H,9H2/t15?,16?,17-,18-,20?/m1/s1. The first kappa shape index (κ1) is 19.5. The molecule has 5 atom stereocenters. The lowest BCUT2D eigenvalue weighted by molar-refractivity contribution is -0.245. The summed E-state index contributed by atoms with van der Waals surface area (Å²) in [6.07, 6.45) is -2.12. The Hall–Kier alpha value is -2.82. The third-order valence-corrected chi connectivity index (χ3v) is 4.96. The summed E-state index contributed by atoms with van der Waals surface area (Å²) in [4.78, 5) is 16.3. The molecule has 1 fully saturated rings. The van der Waals surface area contributed by atoms with Gasteiger partial charge in [0.2, 0.25) is 0 Å². The molecular formula is C20H20N2O7. The maximum Gasteiger partial charge on any atom is 0.344 e. The van der Waals surface area contributed by atoms with Crippen LogP contribution in [-0.4, -0.2) is 62.7 Å². The monoisotopic (exact) mass is 400 g/mol. The molecule has 0 amide bonds. The Morgan fingerprint density at radius 3 is 2.52 bits per heavy atom. The minimum absolute atomic E-state index is 0.312. The molecule has 4 rings (SSSR count). The van der Waals surface area contributed by atoms with Gasteiger partial charge in [-0.1, -0.05) is 0 Å². The zero-order valence-electron chi connectivity index (χ0n) is 15.2. The van der Waals surface area contributed by atoms with E-state index in [4.69, 9.17) is 14.3 Å². The molecule has 0 spiro atoms. The van der Waals surface area contributed by atoms with Crippen molar-refractivity contribution in [2.45, 2.75) is 30.6 Å². The summed E-state index contributed by atoms with van der Waals surface area (Å²) < 4.78 is 10.6. The maximum atomic E-state index is 12.4. The summed E-state index contributed by atoms with van der Waals surface area (Å²) in [6, 6.07) is 9.05. The van der Waals surface area contributed by atoms with Gasteiger partial charge >= 0.3 is 5.63 Å². The van der Waals surface area contributed by atoms with Crippen LogP contribution in [0.5, 0.6) is 0 Å². The van der Waals surface area contributed by atoms with Crippen LogP contribution in [0.4, 0.5) is 5.69 Å². The van der Waals surface area contributed by atoms with Crippen LogP contribution in [0.3, 0.4) is 0 Å². The van der Waals surface area contributed by atoms with Gasteiger partial charge in [0, 0.05) is 29.5 Å². The van der Waals surface area contributed by atoms with Crippen LogP contribution in [0.25, 0.3) is 22.1 Å². The first-order valence-corrected chi connectivity index (χ1v) is 9.03. The van der Waals surface area contributed by atoms with Crippen molar-refractivity contribution in [1.82, 2.24) is 4.98 Å². The number of anilines is 1. The van der Waals surface area contributed by atoms with Crippen molar-refractivity contribution in [3.05, 3.63) is 59.2 Å². The molecule has 0 saturated carbocycles. The molecule has 0 bridgehead atoms. The number of benzene rings is 1. The number of nitrogens with one attached hydrogen (secondary N) is 1. The zero-order valence-corrected chi connectivity index (χ0v) is 15.2. The Balaban J connectivity index is 1.62. The summed E-state index contributed by atoms with van der Waals surface area (Å²) in [6.45, 7) is -0.539. The molecule has 0 aliphatic carbocycles. The molecule has 1 aliphatic heterocycles. The molecule has 1 saturated heterocycles. The van der Waals surface area contributed by atoms with E-state index in [1.54, 1.807) is 48.8 Å². The van der Waals surface area contributed by atoms with Crippen LogP contribution in [-0.2, 0) is 4.74 Å². The van der Waals surface area contributed by atoms with Crippen molar-refractivity contribution < 1.29 is 29.6 Å². The van der Waals surface area contributed by atoms with E-state index < -0.39 is 42.9 Å². The highest BCUT2D eigenvalue weighted by atomic mass is 16.6. The van der Waals surface area contributed by atoms with Crippen molar-refractivity contribution in [2.75, 3.05) is 11.9 Å². The van der Waals surface area contributed by atoms with Gasteiger partial charge in [-0.25, -0.2) is 4.79 Å². The minimum atomic E-state index is -1.46. The number of rotatable bonds is 4. The first-order valence-electron chi connectivity index (χ1n) is 9.03. The fourth-order valence-corrected chi connectivity index (χ4v) is 3.38. The number of aliphatic hydroxyl groups is 4. The number of aliphatic hydroxyl groups excluding tert-OH is 4.